The third-order valence-corrected chi connectivity index (χ3v) is 11.7. The molecule has 328 valence electrons. The van der Waals surface area contributed by atoms with E-state index in [4.69, 9.17) is 18.9 Å². The molecule has 0 amide bonds. The van der Waals surface area contributed by atoms with E-state index in [9.17, 15) is 61.3 Å². The van der Waals surface area contributed by atoms with Crippen LogP contribution in [0.3, 0.4) is 0 Å². The van der Waals surface area contributed by atoms with Gasteiger partial charge in [-0.05, 0) is 0 Å². The number of nitrogens with zero attached hydrogens (tertiary/aromatic N) is 12. The second-order valence-corrected chi connectivity index (χ2v) is 15.7. The summed E-state index contributed by atoms with van der Waals surface area (Å²) in [6.07, 6.45) is -25.4. The summed E-state index contributed by atoms with van der Waals surface area (Å²) in [6, 6.07) is 0. The van der Waals surface area contributed by atoms with Gasteiger partial charge in [0, 0.05) is 0 Å². The van der Waals surface area contributed by atoms with E-state index >= 15 is 0 Å². The van der Waals surface area contributed by atoms with Crippen molar-refractivity contribution in [1.29, 1.82) is 0 Å². The van der Waals surface area contributed by atoms with Crippen LogP contribution in [-0.2, 0) is 45.1 Å². The Hall–Kier alpha value is -4.08. The number of aliphatic hydroxyl groups excluding tert-OH is 12. The largest absolute Gasteiger partial charge is 0.388 e. The Bertz CT molecular complexity index is 1820. The fourth-order valence-corrected chi connectivity index (χ4v) is 8.25. The average Bonchev–Trinajstić information content (AvgIpc) is 4.08. The normalized spacial score (nSPS) is 43.8. The first-order valence-electron chi connectivity index (χ1n) is 19.1. The van der Waals surface area contributed by atoms with Crippen LogP contribution in [0.15, 0.2) is 24.8 Å². The van der Waals surface area contributed by atoms with Crippen molar-refractivity contribution in [3.8, 4) is 0 Å². The first-order valence-corrected chi connectivity index (χ1v) is 19.1. The van der Waals surface area contributed by atoms with Gasteiger partial charge in [-0.1, -0.05) is 20.9 Å². The lowest BCUT2D eigenvalue weighted by Gasteiger charge is -2.40. The summed E-state index contributed by atoms with van der Waals surface area (Å²) in [5.41, 5.74) is 0.000283. The Morgan fingerprint density at radius 1 is 0.317 bits per heavy atom. The molecule has 28 nitrogen and oxygen atoms in total. The molecule has 4 aromatic heterocycles. The van der Waals surface area contributed by atoms with Gasteiger partial charge in [-0.3, -0.25) is 0 Å². The van der Waals surface area contributed by atoms with Crippen molar-refractivity contribution in [2.75, 3.05) is 0 Å². The minimum atomic E-state index is -1.74. The SMILES string of the molecule is O[C@@H]1[C@@H](O)[C@@H]2O[C@H](Cn3cc(nn3)[C@H]3O[C@H](Cn4cc(nn4)[C@H]4O[C@H](Cn5cc(nn5)[C@H]5O[C@H](Cn6cc2nn6)[C@@H](O)[C@H](O)[C@H]5O)[C@@H](O)[C@H](O)[C@H]4O)[C@@H](O)[C@H](O)[C@H]3O)[C@H]1O. The van der Waals surface area contributed by atoms with Crippen molar-refractivity contribution < 1.29 is 80.2 Å². The zero-order valence-electron chi connectivity index (χ0n) is 31.1. The summed E-state index contributed by atoms with van der Waals surface area (Å²) in [6.45, 7) is -1.06. The molecule has 0 aliphatic carbocycles. The number of ether oxygens (including phenoxy) is 4. The molecule has 0 spiro atoms. The highest BCUT2D eigenvalue weighted by atomic mass is 16.6. The lowest BCUT2D eigenvalue weighted by Crippen LogP contribution is -2.55. The summed E-state index contributed by atoms with van der Waals surface area (Å²) in [4.78, 5) is 0. The Morgan fingerprint density at radius 3 is 0.717 bits per heavy atom. The number of aliphatic hydroxyl groups is 12. The average molecular weight is 853 g/mol. The summed E-state index contributed by atoms with van der Waals surface area (Å²) in [5.74, 6) is 0. The highest BCUT2D eigenvalue weighted by molar-refractivity contribution is 5.11. The molecular weight excluding hydrogens is 808 g/mol. The van der Waals surface area contributed by atoms with Crippen LogP contribution in [0.5, 0.6) is 0 Å². The molecule has 0 radical (unpaired) electrons. The van der Waals surface area contributed by atoms with Crippen LogP contribution >= 0.6 is 0 Å². The molecule has 5 aliphatic rings. The minimum Gasteiger partial charge on any atom is -0.388 e. The highest BCUT2D eigenvalue weighted by Gasteiger charge is 2.50. The van der Waals surface area contributed by atoms with Crippen molar-refractivity contribution in [3.05, 3.63) is 47.6 Å². The van der Waals surface area contributed by atoms with E-state index in [1.807, 2.05) is 0 Å². The Balaban J connectivity index is 1.05. The molecule has 4 saturated heterocycles. The van der Waals surface area contributed by atoms with Crippen molar-refractivity contribution in [1.82, 2.24) is 60.0 Å². The summed E-state index contributed by atoms with van der Waals surface area (Å²) in [5, 5.41) is 163. The fraction of sp³-hybridized carbons (Fsp3) is 0.750. The molecule has 28 heteroatoms. The van der Waals surface area contributed by atoms with Gasteiger partial charge in [0.2, 0.25) is 0 Å². The molecule has 9 rings (SSSR count). The lowest BCUT2D eigenvalue weighted by atomic mass is 9.93. The maximum atomic E-state index is 10.9. The van der Waals surface area contributed by atoms with Crippen LogP contribution in [-0.4, -0.2) is 219 Å². The van der Waals surface area contributed by atoms with Gasteiger partial charge in [-0.15, -0.1) is 20.4 Å². The molecule has 4 aromatic rings. The predicted octanol–water partition coefficient (Wildman–Crippen LogP) is -8.74. The van der Waals surface area contributed by atoms with E-state index in [1.54, 1.807) is 0 Å². The second kappa shape index (κ2) is 16.0. The van der Waals surface area contributed by atoms with Crippen LogP contribution in [0.2, 0.25) is 0 Å². The number of aromatic nitrogens is 12. The smallest absolute Gasteiger partial charge is 0.132 e. The molecule has 60 heavy (non-hydrogen) atoms. The zero-order valence-corrected chi connectivity index (χ0v) is 31.1. The van der Waals surface area contributed by atoms with Crippen LogP contribution < -0.4 is 0 Å². The number of hydrogen-bond acceptors (Lipinski definition) is 24. The highest BCUT2D eigenvalue weighted by Crippen LogP contribution is 2.37. The standard InChI is InChI=1S/C32H44N12O16/c45-17-13-5-41-1-9(33-37-41)29-25(53)21(49)18(46)14(57-29)6-42-3-11(35-38-42)31-27(55)23(51)20(48)16(59-31)8-44-4-12(36-40-44)32-28(56)24(52)19(47)15(60-32)7-43-2-10(34-39-43)30(58-13)26(54)22(17)50/h1-4,13-32,45-56H,5-8H2/t13-,14-,15-,16-,17-,18-,19-,20-,21+,22+,23+,24+,25-,26-,27-,28-,29-,30-,31-,32-/m1/s1. The van der Waals surface area contributed by atoms with Crippen molar-refractivity contribution in [2.45, 2.75) is 148 Å². The van der Waals surface area contributed by atoms with Crippen LogP contribution in [0, 0.1) is 0 Å². The summed E-state index contributed by atoms with van der Waals surface area (Å²) >= 11 is 0. The fourth-order valence-electron chi connectivity index (χ4n) is 8.25. The lowest BCUT2D eigenvalue weighted by molar-refractivity contribution is -0.230. The Labute approximate surface area is 335 Å². The quantitative estimate of drug-likeness (QED) is 0.0781. The van der Waals surface area contributed by atoms with E-state index in [1.165, 1.54) is 43.5 Å². The van der Waals surface area contributed by atoms with E-state index in [0.717, 1.165) is 0 Å². The molecule has 20 atom stereocenters. The van der Waals surface area contributed by atoms with Gasteiger partial charge in [0.15, 0.2) is 0 Å². The van der Waals surface area contributed by atoms with Gasteiger partial charge in [0.05, 0.1) is 51.0 Å². The molecule has 16 bridgehead atoms. The topological polar surface area (TPSA) is 403 Å². The maximum absolute atomic E-state index is 10.9. The third kappa shape index (κ3) is 7.29. The Kier molecular flexibility index (Phi) is 11.0. The van der Waals surface area contributed by atoms with E-state index in [-0.39, 0.29) is 49.0 Å². The van der Waals surface area contributed by atoms with Crippen molar-refractivity contribution in [3.63, 3.8) is 0 Å². The summed E-state index contributed by atoms with van der Waals surface area (Å²) in [7, 11) is 0. The third-order valence-electron chi connectivity index (χ3n) is 11.7. The first-order chi connectivity index (χ1) is 28.7. The van der Waals surface area contributed by atoms with Gasteiger partial charge in [-0.2, -0.15) is 0 Å². The molecule has 9 heterocycles. The molecule has 0 saturated carbocycles. The first kappa shape index (κ1) is 41.3. The van der Waals surface area contributed by atoms with Gasteiger partial charge in [0.1, 0.15) is 145 Å². The van der Waals surface area contributed by atoms with Gasteiger partial charge in [0.25, 0.3) is 0 Å². The van der Waals surface area contributed by atoms with Crippen molar-refractivity contribution in [2.24, 2.45) is 0 Å². The number of hydrogen-bond donors (Lipinski definition) is 12. The Morgan fingerprint density at radius 2 is 0.517 bits per heavy atom. The van der Waals surface area contributed by atoms with Crippen LogP contribution in [0.1, 0.15) is 47.2 Å². The van der Waals surface area contributed by atoms with Gasteiger partial charge >= 0.3 is 0 Å². The molecule has 12 N–H and O–H groups in total. The van der Waals surface area contributed by atoms with Crippen LogP contribution in [0.4, 0.5) is 0 Å². The monoisotopic (exact) mass is 852 g/mol. The van der Waals surface area contributed by atoms with Gasteiger partial charge < -0.3 is 80.2 Å². The molecule has 0 unspecified atom stereocenters. The maximum Gasteiger partial charge on any atom is 0.132 e. The van der Waals surface area contributed by atoms with E-state index in [0.29, 0.717) is 0 Å². The predicted molar refractivity (Wildman–Crippen MR) is 183 cm³/mol. The summed E-state index contributed by atoms with van der Waals surface area (Å²) < 4.78 is 28.8. The second-order valence-electron chi connectivity index (χ2n) is 15.7. The molecule has 4 fully saturated rings. The molecule has 0 aromatic carbocycles. The van der Waals surface area contributed by atoms with Gasteiger partial charge in [-0.25, -0.2) is 18.7 Å². The van der Waals surface area contributed by atoms with E-state index < -0.39 is 122 Å². The van der Waals surface area contributed by atoms with Crippen molar-refractivity contribution >= 4 is 0 Å². The minimum absolute atomic E-state index is 0.0000708. The number of fused-ring (bicyclic) bond motifs is 20. The van der Waals surface area contributed by atoms with Crippen LogP contribution in [0.25, 0.3) is 0 Å². The molecular formula is C32H44N12O16. The van der Waals surface area contributed by atoms with E-state index in [2.05, 4.69) is 41.2 Å². The number of rotatable bonds is 0. The molecule has 5 aliphatic heterocycles. The zero-order chi connectivity index (χ0) is 42.3.